The smallest absolute Gasteiger partial charge is 0.345 e. The van der Waals surface area contributed by atoms with Gasteiger partial charge in [0.25, 0.3) is 11.8 Å². The van der Waals surface area contributed by atoms with E-state index in [0.717, 1.165) is 12.8 Å². The first kappa shape index (κ1) is 26.4. The SMILES string of the molecule is CCCCOc1ccc(C(=O)NCC(=O)NN=Cc2ccc(OC(=O)c3ccccc3Cl)cc2)cc1. The molecule has 0 bridgehead atoms. The lowest BCUT2D eigenvalue weighted by molar-refractivity contribution is -0.120. The molecule has 9 heteroatoms. The quantitative estimate of drug-likeness (QED) is 0.129. The Morgan fingerprint density at radius 3 is 2.33 bits per heavy atom. The number of hydrogen-bond donors (Lipinski definition) is 2. The normalized spacial score (nSPS) is 10.6. The van der Waals surface area contributed by atoms with Crippen LogP contribution in [-0.4, -0.2) is 37.1 Å². The van der Waals surface area contributed by atoms with Crippen molar-refractivity contribution in [1.29, 1.82) is 0 Å². The molecule has 8 nitrogen and oxygen atoms in total. The predicted octanol–water partition coefficient (Wildman–Crippen LogP) is 4.62. The van der Waals surface area contributed by atoms with Crippen molar-refractivity contribution in [3.05, 3.63) is 94.5 Å². The molecule has 0 aliphatic rings. The van der Waals surface area contributed by atoms with Crippen LogP contribution in [0.4, 0.5) is 0 Å². The van der Waals surface area contributed by atoms with Crippen molar-refractivity contribution < 1.29 is 23.9 Å². The monoisotopic (exact) mass is 507 g/mol. The van der Waals surface area contributed by atoms with Gasteiger partial charge < -0.3 is 14.8 Å². The van der Waals surface area contributed by atoms with Crippen LogP contribution in [0.25, 0.3) is 0 Å². The van der Waals surface area contributed by atoms with Gasteiger partial charge in [0.2, 0.25) is 0 Å². The molecule has 36 heavy (non-hydrogen) atoms. The standard InChI is InChI=1S/C27H26ClN3O5/c1-2-3-16-35-21-14-10-20(11-15-21)26(33)29-18-25(32)31-30-17-19-8-12-22(13-9-19)36-27(34)23-6-4-5-7-24(23)28/h4-15,17H,2-3,16,18H2,1H3,(H,29,33)(H,31,32). The molecule has 186 valence electrons. The number of benzene rings is 3. The number of hydrazone groups is 1. The van der Waals surface area contributed by atoms with Gasteiger partial charge in [-0.05, 0) is 72.6 Å². The van der Waals surface area contributed by atoms with Crippen molar-refractivity contribution in [1.82, 2.24) is 10.7 Å². The summed E-state index contributed by atoms with van der Waals surface area (Å²) in [6.45, 7) is 2.48. The number of carbonyl (C=O) groups excluding carboxylic acids is 3. The second-order valence-electron chi connectivity index (χ2n) is 7.64. The highest BCUT2D eigenvalue weighted by Gasteiger charge is 2.12. The van der Waals surface area contributed by atoms with Crippen molar-refractivity contribution in [3.63, 3.8) is 0 Å². The number of unbranched alkanes of at least 4 members (excludes halogenated alkanes) is 1. The lowest BCUT2D eigenvalue weighted by Crippen LogP contribution is -2.34. The van der Waals surface area contributed by atoms with Crippen LogP contribution in [0.5, 0.6) is 11.5 Å². The largest absolute Gasteiger partial charge is 0.494 e. The average Bonchev–Trinajstić information content (AvgIpc) is 2.89. The van der Waals surface area contributed by atoms with Gasteiger partial charge in [-0.1, -0.05) is 37.1 Å². The number of carbonyl (C=O) groups is 3. The Labute approximate surface area is 214 Å². The summed E-state index contributed by atoms with van der Waals surface area (Å²) < 4.78 is 10.9. The van der Waals surface area contributed by atoms with E-state index in [-0.39, 0.29) is 18.0 Å². The highest BCUT2D eigenvalue weighted by molar-refractivity contribution is 6.33. The number of amides is 2. The molecule has 0 radical (unpaired) electrons. The molecule has 0 aliphatic heterocycles. The summed E-state index contributed by atoms with van der Waals surface area (Å²) >= 11 is 6.01. The maximum atomic E-state index is 12.2. The Balaban J connectivity index is 1.41. The highest BCUT2D eigenvalue weighted by atomic mass is 35.5. The molecule has 0 atom stereocenters. The molecule has 3 aromatic rings. The highest BCUT2D eigenvalue weighted by Crippen LogP contribution is 2.19. The Kier molecular flexibility index (Phi) is 10.0. The van der Waals surface area contributed by atoms with Gasteiger partial charge in [-0.15, -0.1) is 0 Å². The maximum Gasteiger partial charge on any atom is 0.345 e. The van der Waals surface area contributed by atoms with Crippen LogP contribution >= 0.6 is 11.6 Å². The van der Waals surface area contributed by atoms with Gasteiger partial charge in [0.15, 0.2) is 0 Å². The molecule has 0 fully saturated rings. The lowest BCUT2D eigenvalue weighted by atomic mass is 10.2. The van der Waals surface area contributed by atoms with E-state index in [1.54, 1.807) is 72.8 Å². The zero-order valence-electron chi connectivity index (χ0n) is 19.7. The van der Waals surface area contributed by atoms with Crippen LogP contribution in [0.2, 0.25) is 5.02 Å². The molecule has 0 unspecified atom stereocenters. The number of nitrogens with one attached hydrogen (secondary N) is 2. The minimum absolute atomic E-state index is 0.234. The number of ether oxygens (including phenoxy) is 2. The van der Waals surface area contributed by atoms with Gasteiger partial charge >= 0.3 is 5.97 Å². The number of esters is 1. The zero-order valence-corrected chi connectivity index (χ0v) is 20.5. The average molecular weight is 508 g/mol. The zero-order chi connectivity index (χ0) is 25.8. The molecule has 3 aromatic carbocycles. The summed E-state index contributed by atoms with van der Waals surface area (Å²) in [6, 6.07) is 19.9. The van der Waals surface area contributed by atoms with Crippen LogP contribution in [0.15, 0.2) is 77.9 Å². The van der Waals surface area contributed by atoms with Crippen LogP contribution in [0.1, 0.15) is 46.0 Å². The topological polar surface area (TPSA) is 106 Å². The summed E-state index contributed by atoms with van der Waals surface area (Å²) in [5, 5.41) is 6.72. The third kappa shape index (κ3) is 8.25. The minimum Gasteiger partial charge on any atom is -0.494 e. The molecule has 2 N–H and O–H groups in total. The van der Waals surface area contributed by atoms with Crippen LogP contribution in [-0.2, 0) is 4.79 Å². The summed E-state index contributed by atoms with van der Waals surface area (Å²) in [4.78, 5) is 36.4. The molecule has 2 amide bonds. The van der Waals surface area contributed by atoms with Gasteiger partial charge in [0, 0.05) is 5.56 Å². The van der Waals surface area contributed by atoms with Gasteiger partial charge in [0.1, 0.15) is 11.5 Å². The van der Waals surface area contributed by atoms with E-state index in [9.17, 15) is 14.4 Å². The molecule has 0 heterocycles. The summed E-state index contributed by atoms with van der Waals surface area (Å²) in [5.74, 6) is -0.392. The number of nitrogens with zero attached hydrogens (tertiary/aromatic N) is 1. The molecule has 0 saturated carbocycles. The fourth-order valence-corrected chi connectivity index (χ4v) is 3.14. The lowest BCUT2D eigenvalue weighted by Gasteiger charge is -2.07. The molecular weight excluding hydrogens is 482 g/mol. The predicted molar refractivity (Wildman–Crippen MR) is 138 cm³/mol. The minimum atomic E-state index is -0.562. The summed E-state index contributed by atoms with van der Waals surface area (Å²) in [7, 11) is 0. The Bertz CT molecular complexity index is 1210. The Morgan fingerprint density at radius 1 is 0.944 bits per heavy atom. The van der Waals surface area contributed by atoms with Crippen LogP contribution in [0.3, 0.4) is 0 Å². The van der Waals surface area contributed by atoms with Crippen molar-refractivity contribution in [3.8, 4) is 11.5 Å². The van der Waals surface area contributed by atoms with Gasteiger partial charge in [-0.3, -0.25) is 9.59 Å². The maximum absolute atomic E-state index is 12.2. The molecule has 0 aromatic heterocycles. The van der Waals surface area contributed by atoms with Crippen molar-refractivity contribution >= 4 is 35.6 Å². The van der Waals surface area contributed by atoms with E-state index in [4.69, 9.17) is 21.1 Å². The van der Waals surface area contributed by atoms with Crippen LogP contribution in [0, 0.1) is 0 Å². The fourth-order valence-electron chi connectivity index (χ4n) is 2.93. The first-order chi connectivity index (χ1) is 17.5. The van der Waals surface area contributed by atoms with E-state index in [0.29, 0.717) is 34.3 Å². The molecular formula is C27H26ClN3O5. The molecule has 0 spiro atoms. The number of halogens is 1. The summed E-state index contributed by atoms with van der Waals surface area (Å²) in [6.07, 6.45) is 3.43. The number of rotatable bonds is 11. The molecule has 3 rings (SSSR count). The van der Waals surface area contributed by atoms with Gasteiger partial charge in [-0.25, -0.2) is 10.2 Å². The van der Waals surface area contributed by atoms with E-state index < -0.39 is 11.9 Å². The first-order valence-electron chi connectivity index (χ1n) is 11.4. The molecule has 0 aliphatic carbocycles. The number of hydrogen-bond acceptors (Lipinski definition) is 6. The Hall–Kier alpha value is -4.17. The first-order valence-corrected chi connectivity index (χ1v) is 11.7. The van der Waals surface area contributed by atoms with E-state index >= 15 is 0 Å². The van der Waals surface area contributed by atoms with Crippen molar-refractivity contribution in [2.45, 2.75) is 19.8 Å². The van der Waals surface area contributed by atoms with E-state index in [1.165, 1.54) is 6.21 Å². The van der Waals surface area contributed by atoms with Crippen molar-refractivity contribution in [2.24, 2.45) is 5.10 Å². The Morgan fingerprint density at radius 2 is 1.64 bits per heavy atom. The fraction of sp³-hybridized carbons (Fsp3) is 0.185. The van der Waals surface area contributed by atoms with E-state index in [1.807, 2.05) is 0 Å². The van der Waals surface area contributed by atoms with Crippen molar-refractivity contribution in [2.75, 3.05) is 13.2 Å². The van der Waals surface area contributed by atoms with Crippen LogP contribution < -0.4 is 20.2 Å². The second kappa shape index (κ2) is 13.7. The van der Waals surface area contributed by atoms with Gasteiger partial charge in [-0.2, -0.15) is 5.10 Å². The second-order valence-corrected chi connectivity index (χ2v) is 8.05. The summed E-state index contributed by atoms with van der Waals surface area (Å²) in [5.41, 5.74) is 3.70. The molecule has 0 saturated heterocycles. The van der Waals surface area contributed by atoms with E-state index in [2.05, 4.69) is 22.8 Å². The third-order valence-electron chi connectivity index (χ3n) is 4.88. The van der Waals surface area contributed by atoms with Gasteiger partial charge in [0.05, 0.1) is 30.0 Å². The third-order valence-corrected chi connectivity index (χ3v) is 5.21.